The molecule has 0 saturated heterocycles. The van der Waals surface area contributed by atoms with Gasteiger partial charge in [-0.05, 0) is 84.5 Å². The van der Waals surface area contributed by atoms with Crippen LogP contribution in [0, 0.1) is 47.3 Å². The first kappa shape index (κ1) is 57.7. The SMILES string of the molecule is CC(C)C(Oc1cccc2c1C1=NC2=Nc2c3c(OC(C(C)C)C(C)C)cccc3c3[n]2[Al]([O]S(=O)(=O)C2CCCC2)[n]2c(c4cccc(OC(C(C)C)C(C)C)c4c2=NC2=NC(=N3)c3c(OC(C(C)C)C(C)C)cccc32)=N1)C(C)C. The van der Waals surface area contributed by atoms with Gasteiger partial charge in [0.15, 0.2) is 23.3 Å². The van der Waals surface area contributed by atoms with E-state index in [4.69, 9.17) is 52.1 Å². The maximum absolute atomic E-state index is 15.6. The lowest BCUT2D eigenvalue weighted by atomic mass is 9.96. The molecule has 15 nitrogen and oxygen atoms in total. The fraction of sp³-hybridized carbons (Fsp3) is 0.508. The highest BCUT2D eigenvalue weighted by Gasteiger charge is 2.49. The Hall–Kier alpha value is -6.12. The van der Waals surface area contributed by atoms with E-state index in [-0.39, 0.29) is 71.8 Å². The van der Waals surface area contributed by atoms with Gasteiger partial charge in [0.1, 0.15) is 70.0 Å². The summed E-state index contributed by atoms with van der Waals surface area (Å²) in [6.07, 6.45) is 1.78. The number of nitrogens with zero attached hydrogens (tertiary/aromatic N) is 8. The quantitative estimate of drug-likeness (QED) is 0.0728. The number of ether oxygens (including phenoxy) is 4. The van der Waals surface area contributed by atoms with Crippen LogP contribution in [-0.4, -0.2) is 83.5 Å². The average Bonchev–Trinajstić information content (AvgIpc) is 1.93. The Morgan fingerprint density at radius 2 is 0.817 bits per heavy atom. The van der Waals surface area contributed by atoms with Gasteiger partial charge in [0, 0.05) is 21.9 Å². The van der Waals surface area contributed by atoms with Gasteiger partial charge in [0.05, 0.1) is 27.1 Å². The number of fused-ring (bicyclic) bond motifs is 14. The van der Waals surface area contributed by atoms with Gasteiger partial charge in [-0.1, -0.05) is 172 Å². The van der Waals surface area contributed by atoms with Gasteiger partial charge >= 0.3 is 14.9 Å². The predicted octanol–water partition coefficient (Wildman–Crippen LogP) is 13.4. The van der Waals surface area contributed by atoms with Crippen LogP contribution in [0.15, 0.2) is 103 Å². The molecule has 432 valence electrons. The van der Waals surface area contributed by atoms with E-state index in [1.807, 2.05) is 79.9 Å². The van der Waals surface area contributed by atoms with Gasteiger partial charge in [0.25, 0.3) is 0 Å². The topological polar surface area (TPSA) is 164 Å². The molecule has 1 saturated carbocycles. The lowest BCUT2D eigenvalue weighted by Gasteiger charge is -2.27. The highest BCUT2D eigenvalue weighted by molar-refractivity contribution is 7.88. The summed E-state index contributed by atoms with van der Waals surface area (Å²) >= 11 is -3.98. The van der Waals surface area contributed by atoms with Crippen molar-refractivity contribution in [3.63, 3.8) is 0 Å². The average molecular weight is 1150 g/mol. The third-order valence-corrected chi connectivity index (χ3v) is 21.7. The van der Waals surface area contributed by atoms with Crippen LogP contribution in [0.4, 0.5) is 11.6 Å². The van der Waals surface area contributed by atoms with Gasteiger partial charge in [-0.25, -0.2) is 38.4 Å². The molecule has 0 spiro atoms. The molecule has 6 aromatic rings. The minimum absolute atomic E-state index is 0.131. The maximum Gasteiger partial charge on any atom is 0.825 e. The zero-order valence-electron chi connectivity index (χ0n) is 50.7. The Morgan fingerprint density at radius 3 is 1.32 bits per heavy atom. The van der Waals surface area contributed by atoms with Crippen molar-refractivity contribution in [1.29, 1.82) is 0 Å². The summed E-state index contributed by atoms with van der Waals surface area (Å²) < 4.78 is 71.0. The fourth-order valence-electron chi connectivity index (χ4n) is 13.3. The molecule has 0 amide bonds. The van der Waals surface area contributed by atoms with Gasteiger partial charge in [-0.3, -0.25) is 0 Å². The first-order valence-corrected chi connectivity index (χ1v) is 33.0. The zero-order chi connectivity index (χ0) is 58.4. The van der Waals surface area contributed by atoms with Gasteiger partial charge in [-0.15, -0.1) is 0 Å². The Labute approximate surface area is 489 Å². The third kappa shape index (κ3) is 10.2. The van der Waals surface area contributed by atoms with E-state index in [1.165, 1.54) is 0 Å². The number of amidine groups is 4. The summed E-state index contributed by atoms with van der Waals surface area (Å²) in [4.78, 5) is 33.7. The molecule has 0 unspecified atom stereocenters. The van der Waals surface area contributed by atoms with Crippen LogP contribution in [0.2, 0.25) is 0 Å². The van der Waals surface area contributed by atoms with Crippen molar-refractivity contribution >= 4 is 81.6 Å². The van der Waals surface area contributed by atoms with E-state index in [9.17, 15) is 0 Å². The summed E-state index contributed by atoms with van der Waals surface area (Å²) in [5.41, 5.74) is 3.52. The fourth-order valence-corrected chi connectivity index (χ4v) is 18.3. The number of benzene rings is 4. The number of aromatic nitrogens is 2. The summed E-state index contributed by atoms with van der Waals surface area (Å²) in [5.74, 6) is 5.80. The van der Waals surface area contributed by atoms with Crippen molar-refractivity contribution in [3.8, 4) is 23.0 Å². The van der Waals surface area contributed by atoms with Crippen molar-refractivity contribution in [3.05, 3.63) is 106 Å². The molecule has 6 bridgehead atoms. The first-order chi connectivity index (χ1) is 39.0. The van der Waals surface area contributed by atoms with Gasteiger partial charge < -0.3 is 29.3 Å². The van der Waals surface area contributed by atoms with Crippen molar-refractivity contribution in [2.45, 2.75) is 166 Å². The molecule has 1 aliphatic carbocycles. The summed E-state index contributed by atoms with van der Waals surface area (Å²) in [6.45, 7) is 34.7. The molecule has 0 atom stereocenters. The van der Waals surface area contributed by atoms with E-state index in [0.717, 1.165) is 12.8 Å². The van der Waals surface area contributed by atoms with Crippen LogP contribution in [0.5, 0.6) is 23.0 Å². The highest BCUT2D eigenvalue weighted by atomic mass is 32.2. The van der Waals surface area contributed by atoms with Crippen molar-refractivity contribution in [2.75, 3.05) is 0 Å². The highest BCUT2D eigenvalue weighted by Crippen LogP contribution is 2.48. The smallest absolute Gasteiger partial charge is 0.489 e. The third-order valence-electron chi connectivity index (χ3n) is 16.8. The second-order valence-corrected chi connectivity index (χ2v) is 29.9. The van der Waals surface area contributed by atoms with Crippen LogP contribution in [0.1, 0.15) is 159 Å². The van der Waals surface area contributed by atoms with Crippen molar-refractivity contribution in [1.82, 2.24) is 7.10 Å². The van der Waals surface area contributed by atoms with E-state index in [2.05, 4.69) is 111 Å². The molecular weight excluding hydrogens is 1060 g/mol. The summed E-state index contributed by atoms with van der Waals surface area (Å²) in [6, 6.07) is 23.8. The maximum atomic E-state index is 15.6. The van der Waals surface area contributed by atoms with Crippen LogP contribution in [-0.2, 0) is 13.4 Å². The second-order valence-electron chi connectivity index (χ2n) is 25.8. The molecule has 0 N–H and O–H groups in total. The van der Waals surface area contributed by atoms with Crippen LogP contribution in [0.3, 0.4) is 0 Å². The number of aliphatic imine (C=N–C) groups is 4. The van der Waals surface area contributed by atoms with Crippen LogP contribution >= 0.6 is 0 Å². The van der Waals surface area contributed by atoms with E-state index in [0.29, 0.717) is 126 Å². The Kier molecular flexibility index (Phi) is 15.8. The largest absolute Gasteiger partial charge is 0.825 e. The molecular formula is C65H81AlN8O7S. The molecule has 4 aliphatic heterocycles. The minimum Gasteiger partial charge on any atom is -0.489 e. The normalized spacial score (nSPS) is 16.0. The molecule has 17 heteroatoms. The Morgan fingerprint density at radius 1 is 0.427 bits per heavy atom. The lowest BCUT2D eigenvalue weighted by Crippen LogP contribution is -2.50. The van der Waals surface area contributed by atoms with E-state index in [1.54, 1.807) is 0 Å². The van der Waals surface area contributed by atoms with Crippen molar-refractivity contribution < 1.29 is 30.6 Å². The Balaban J connectivity index is 1.37. The monoisotopic (exact) mass is 1140 g/mol. The standard InChI is InChI=1S/C60H72N8O4.C5H10O3S.Al/c1-29(2)49(30(3)4)69-41-25-17-21-37-45(41)57-61-53(37)66-58-47-39(23-19-27-43(47)71-51(33(9)10)34(11)12)55(63-58)68-60-48-40(24-20-28-44(48)72-52(35(13)14)36(15)16)56(64-60)67-59-46-38(54(62-59)65-57)22-18-26-42(46)70-50(31(5)6)32(7)8;6-9(7,8)5-3-1-2-4-5;/h17-36,49-52H,1-16H3;5H,1-4H2,(H,6,7,8);/q-2;;+3/p-1. The Bertz CT molecular complexity index is 3830. The van der Waals surface area contributed by atoms with Gasteiger partial charge in [-0.2, -0.15) is 0 Å². The summed E-state index contributed by atoms with van der Waals surface area (Å²) in [7, 11) is -4.34. The predicted molar refractivity (Wildman–Crippen MR) is 330 cm³/mol. The number of hydrogen-bond donors (Lipinski definition) is 0. The molecule has 0 radical (unpaired) electrons. The molecule has 82 heavy (non-hydrogen) atoms. The number of rotatable bonds is 19. The summed E-state index contributed by atoms with van der Waals surface area (Å²) in [5, 5.41) is 1.82. The van der Waals surface area contributed by atoms with Crippen molar-refractivity contribution in [2.24, 2.45) is 77.3 Å². The van der Waals surface area contributed by atoms with Crippen LogP contribution < -0.4 is 29.9 Å². The molecule has 11 rings (SSSR count). The zero-order valence-corrected chi connectivity index (χ0v) is 52.7. The lowest BCUT2D eigenvalue weighted by molar-refractivity contribution is 0.105. The molecule has 1 fully saturated rings. The first-order valence-electron chi connectivity index (χ1n) is 30.0. The minimum atomic E-state index is -4.34. The van der Waals surface area contributed by atoms with E-state index >= 15 is 8.42 Å². The number of hydrogen-bond acceptors (Lipinski definition) is 13. The molecule has 2 aromatic heterocycles. The van der Waals surface area contributed by atoms with Gasteiger partial charge in [0.2, 0.25) is 10.1 Å². The van der Waals surface area contributed by atoms with Crippen LogP contribution in [0.25, 0.3) is 21.5 Å². The molecule has 6 heterocycles. The van der Waals surface area contributed by atoms with E-state index < -0.39 is 30.3 Å². The molecule has 5 aliphatic rings. The molecule has 4 aromatic carbocycles. The second kappa shape index (κ2) is 22.5.